The molecular weight excluding hydrogens is 430 g/mol. The Hall–Kier alpha value is -2.32. The van der Waals surface area contributed by atoms with Crippen molar-refractivity contribution in [2.45, 2.75) is 44.1 Å². The average Bonchev–Trinajstić information content (AvgIpc) is 3.58. The zero-order valence-electron chi connectivity index (χ0n) is 18.3. The Morgan fingerprint density at radius 1 is 1.19 bits per heavy atom. The number of ether oxygens (including phenoxy) is 2. The van der Waals surface area contributed by atoms with Gasteiger partial charge in [0, 0.05) is 22.7 Å². The Labute approximate surface area is 190 Å². The molecule has 0 atom stereocenters. The number of aromatic nitrogens is 2. The Morgan fingerprint density at radius 3 is 2.68 bits per heavy atom. The van der Waals surface area contributed by atoms with Gasteiger partial charge in [0.2, 0.25) is 5.91 Å². The molecule has 2 heterocycles. The number of thiophene rings is 1. The largest absolute Gasteiger partial charge is 0.493 e. The molecule has 3 aromatic rings. The van der Waals surface area contributed by atoms with Gasteiger partial charge in [-0.1, -0.05) is 17.8 Å². The van der Waals surface area contributed by atoms with Gasteiger partial charge in [-0.2, -0.15) is 0 Å². The van der Waals surface area contributed by atoms with E-state index in [0.29, 0.717) is 29.7 Å². The number of thioether (sulfide) groups is 1. The highest BCUT2D eigenvalue weighted by molar-refractivity contribution is 8.00. The first-order chi connectivity index (χ1) is 15.0. The lowest BCUT2D eigenvalue weighted by Crippen LogP contribution is -2.27. The van der Waals surface area contributed by atoms with Crippen LogP contribution >= 0.6 is 23.1 Å². The molecule has 1 N–H and O–H groups in total. The van der Waals surface area contributed by atoms with Crippen molar-refractivity contribution in [2.75, 3.05) is 26.5 Å². The van der Waals surface area contributed by atoms with Crippen molar-refractivity contribution in [3.8, 4) is 11.5 Å². The van der Waals surface area contributed by atoms with Gasteiger partial charge in [0.15, 0.2) is 11.5 Å². The Kier molecular flexibility index (Phi) is 6.67. The van der Waals surface area contributed by atoms with Gasteiger partial charge in [0.1, 0.15) is 15.7 Å². The van der Waals surface area contributed by atoms with E-state index in [-0.39, 0.29) is 5.91 Å². The number of amides is 1. The molecule has 1 aromatic carbocycles. The van der Waals surface area contributed by atoms with Gasteiger partial charge in [0.05, 0.1) is 20.0 Å². The van der Waals surface area contributed by atoms with E-state index in [1.165, 1.54) is 22.2 Å². The number of nitrogens with zero attached hydrogens (tertiary/aromatic N) is 2. The first-order valence-corrected chi connectivity index (χ1v) is 12.2. The summed E-state index contributed by atoms with van der Waals surface area (Å²) >= 11 is 3.23. The van der Waals surface area contributed by atoms with Crippen molar-refractivity contribution in [1.29, 1.82) is 0 Å². The molecule has 4 rings (SSSR count). The van der Waals surface area contributed by atoms with Gasteiger partial charge in [-0.3, -0.25) is 4.79 Å². The lowest BCUT2D eigenvalue weighted by atomic mass is 10.1. The van der Waals surface area contributed by atoms with Gasteiger partial charge in [-0.25, -0.2) is 9.97 Å². The van der Waals surface area contributed by atoms with E-state index in [2.05, 4.69) is 19.2 Å². The molecule has 0 spiro atoms. The van der Waals surface area contributed by atoms with Crippen LogP contribution in [0.25, 0.3) is 10.2 Å². The number of fused-ring (bicyclic) bond motifs is 1. The minimum absolute atomic E-state index is 0.00909. The Bertz CT molecular complexity index is 1110. The summed E-state index contributed by atoms with van der Waals surface area (Å²) in [6, 6.07) is 5.81. The van der Waals surface area contributed by atoms with Crippen LogP contribution in [-0.4, -0.2) is 42.4 Å². The Morgan fingerprint density at radius 2 is 1.97 bits per heavy atom. The molecule has 0 unspecified atom stereocenters. The second kappa shape index (κ2) is 9.44. The van der Waals surface area contributed by atoms with Gasteiger partial charge < -0.3 is 14.8 Å². The molecule has 1 fully saturated rings. The molecule has 8 heteroatoms. The second-order valence-corrected chi connectivity index (χ2v) is 9.87. The smallest absolute Gasteiger partial charge is 0.230 e. The maximum Gasteiger partial charge on any atom is 0.230 e. The van der Waals surface area contributed by atoms with Crippen LogP contribution in [0.15, 0.2) is 23.2 Å². The normalized spacial score (nSPS) is 13.4. The van der Waals surface area contributed by atoms with E-state index in [4.69, 9.17) is 19.4 Å². The summed E-state index contributed by atoms with van der Waals surface area (Å²) in [5, 5.41) is 5.05. The molecule has 31 heavy (non-hydrogen) atoms. The summed E-state index contributed by atoms with van der Waals surface area (Å²) in [5.41, 5.74) is 2.31. The molecule has 1 aliphatic rings. The average molecular weight is 458 g/mol. The van der Waals surface area contributed by atoms with Crippen LogP contribution in [0.5, 0.6) is 11.5 Å². The van der Waals surface area contributed by atoms with Crippen molar-refractivity contribution < 1.29 is 14.3 Å². The Balaban J connectivity index is 1.36. The van der Waals surface area contributed by atoms with Crippen molar-refractivity contribution in [2.24, 2.45) is 0 Å². The zero-order valence-corrected chi connectivity index (χ0v) is 19.9. The molecule has 0 aliphatic heterocycles. The van der Waals surface area contributed by atoms with E-state index in [1.54, 1.807) is 25.6 Å². The van der Waals surface area contributed by atoms with Crippen LogP contribution in [-0.2, 0) is 11.2 Å². The lowest BCUT2D eigenvalue weighted by molar-refractivity contribution is -0.118. The predicted octanol–water partition coefficient (Wildman–Crippen LogP) is 4.65. The highest BCUT2D eigenvalue weighted by Gasteiger charge is 2.28. The maximum absolute atomic E-state index is 12.5. The van der Waals surface area contributed by atoms with Crippen molar-refractivity contribution in [3.05, 3.63) is 40.0 Å². The van der Waals surface area contributed by atoms with Gasteiger partial charge in [-0.05, 0) is 56.4 Å². The highest BCUT2D eigenvalue weighted by atomic mass is 32.2. The molecule has 164 valence electrons. The van der Waals surface area contributed by atoms with Crippen LogP contribution in [0.4, 0.5) is 0 Å². The van der Waals surface area contributed by atoms with Gasteiger partial charge >= 0.3 is 0 Å². The van der Waals surface area contributed by atoms with Crippen molar-refractivity contribution in [3.63, 3.8) is 0 Å². The van der Waals surface area contributed by atoms with E-state index in [1.807, 2.05) is 18.2 Å². The first-order valence-electron chi connectivity index (χ1n) is 10.4. The number of rotatable bonds is 9. The summed E-state index contributed by atoms with van der Waals surface area (Å²) in [6.45, 7) is 4.80. The summed E-state index contributed by atoms with van der Waals surface area (Å²) in [7, 11) is 3.24. The number of benzene rings is 1. The minimum atomic E-state index is 0.00909. The molecular formula is C23H27N3O3S2. The molecule has 1 saturated carbocycles. The fourth-order valence-corrected chi connectivity index (χ4v) is 5.45. The van der Waals surface area contributed by atoms with Crippen molar-refractivity contribution in [1.82, 2.24) is 15.3 Å². The van der Waals surface area contributed by atoms with Crippen LogP contribution in [0.2, 0.25) is 0 Å². The van der Waals surface area contributed by atoms with E-state index in [0.717, 1.165) is 45.9 Å². The molecule has 2 aromatic heterocycles. The second-order valence-electron chi connectivity index (χ2n) is 7.70. The molecule has 0 radical (unpaired) electrons. The van der Waals surface area contributed by atoms with Crippen molar-refractivity contribution >= 4 is 39.2 Å². The summed E-state index contributed by atoms with van der Waals surface area (Å²) in [6.07, 6.45) is 3.05. The fourth-order valence-electron chi connectivity index (χ4n) is 3.42. The number of nitrogens with one attached hydrogen (secondary N) is 1. The number of methoxy groups -OCH3 is 2. The topological polar surface area (TPSA) is 73.3 Å². The highest BCUT2D eigenvalue weighted by Crippen LogP contribution is 2.42. The van der Waals surface area contributed by atoms with Gasteiger partial charge in [0.25, 0.3) is 0 Å². The summed E-state index contributed by atoms with van der Waals surface area (Å²) in [5.74, 6) is 3.17. The van der Waals surface area contributed by atoms with Gasteiger partial charge in [-0.15, -0.1) is 11.3 Å². The zero-order chi connectivity index (χ0) is 22.0. The molecule has 0 bridgehead atoms. The molecule has 1 amide bonds. The van der Waals surface area contributed by atoms with Crippen LogP contribution in [0.3, 0.4) is 0 Å². The third-order valence-electron chi connectivity index (χ3n) is 5.48. The molecule has 1 aliphatic carbocycles. The fraction of sp³-hybridized carbons (Fsp3) is 0.435. The third kappa shape index (κ3) is 4.96. The summed E-state index contributed by atoms with van der Waals surface area (Å²) < 4.78 is 10.6. The SMILES string of the molecule is COc1ccc(CCNC(=O)CSc2nc(C3CC3)nc3sc(C)c(C)c23)cc1OC. The summed E-state index contributed by atoms with van der Waals surface area (Å²) in [4.78, 5) is 24.4. The number of aryl methyl sites for hydroxylation is 2. The maximum atomic E-state index is 12.5. The number of hydrogen-bond acceptors (Lipinski definition) is 7. The van der Waals surface area contributed by atoms with Crippen LogP contribution in [0, 0.1) is 13.8 Å². The number of carbonyl (C=O) groups is 1. The van der Waals surface area contributed by atoms with E-state index >= 15 is 0 Å². The quantitative estimate of drug-likeness (QED) is 0.372. The standard InChI is InChI=1S/C23H27N3O3S2/c1-13-14(2)31-23-20(13)22(25-21(26-23)16-6-7-16)30-12-19(27)24-10-9-15-5-8-17(28-3)18(11-15)29-4/h5,8,11,16H,6-7,9-10,12H2,1-4H3,(H,24,27). The third-order valence-corrected chi connectivity index (χ3v) is 7.56. The molecule has 6 nitrogen and oxygen atoms in total. The number of carbonyl (C=O) groups excluding carboxylic acids is 1. The minimum Gasteiger partial charge on any atom is -0.493 e. The van der Waals surface area contributed by atoms with Crippen LogP contribution < -0.4 is 14.8 Å². The molecule has 0 saturated heterocycles. The first kappa shape index (κ1) is 21.9. The van der Waals surface area contributed by atoms with E-state index < -0.39 is 0 Å². The monoisotopic (exact) mass is 457 g/mol. The lowest BCUT2D eigenvalue weighted by Gasteiger charge is -2.10. The van der Waals surface area contributed by atoms with Crippen LogP contribution in [0.1, 0.15) is 40.6 Å². The number of hydrogen-bond donors (Lipinski definition) is 1. The van der Waals surface area contributed by atoms with E-state index in [9.17, 15) is 4.79 Å². The predicted molar refractivity (Wildman–Crippen MR) is 126 cm³/mol.